The molecule has 18 heavy (non-hydrogen) atoms. The quantitative estimate of drug-likeness (QED) is 0.800. The van der Waals surface area contributed by atoms with Gasteiger partial charge >= 0.3 is 0 Å². The molecule has 1 amide bonds. The lowest BCUT2D eigenvalue weighted by Gasteiger charge is -2.14. The molecule has 0 bridgehead atoms. The second kappa shape index (κ2) is 7.14. The molecule has 1 aromatic carbocycles. The molecule has 0 aliphatic carbocycles. The average molecular weight is 240 g/mol. The molecule has 0 radical (unpaired) electrons. The van der Waals surface area contributed by atoms with Crippen LogP contribution in [0, 0.1) is 23.7 Å². The van der Waals surface area contributed by atoms with Crippen LogP contribution in [0.15, 0.2) is 24.3 Å². The summed E-state index contributed by atoms with van der Waals surface area (Å²) in [4.78, 5) is 11.8. The van der Waals surface area contributed by atoms with E-state index in [0.717, 1.165) is 12.0 Å². The topological polar surface area (TPSA) is 52.9 Å². The van der Waals surface area contributed by atoms with Crippen LogP contribution in [0.1, 0.15) is 30.9 Å². The van der Waals surface area contributed by atoms with Crippen LogP contribution < -0.4 is 5.32 Å². The molecular formula is C15H16N2O. The van der Waals surface area contributed by atoms with Gasteiger partial charge in [0.05, 0.1) is 18.1 Å². The monoisotopic (exact) mass is 240 g/mol. The van der Waals surface area contributed by atoms with Crippen LogP contribution in [0.5, 0.6) is 0 Å². The highest BCUT2D eigenvalue weighted by atomic mass is 16.1. The van der Waals surface area contributed by atoms with E-state index in [9.17, 15) is 4.79 Å². The predicted molar refractivity (Wildman–Crippen MR) is 70.5 cm³/mol. The van der Waals surface area contributed by atoms with Crippen LogP contribution >= 0.6 is 0 Å². The van der Waals surface area contributed by atoms with E-state index in [4.69, 9.17) is 11.7 Å². The number of terminal acetylenes is 1. The summed E-state index contributed by atoms with van der Waals surface area (Å²) in [5, 5.41) is 11.6. The number of nitrogens with zero attached hydrogens (tertiary/aromatic N) is 1. The van der Waals surface area contributed by atoms with Crippen molar-refractivity contribution in [3.8, 4) is 18.4 Å². The lowest BCUT2D eigenvalue weighted by Crippen LogP contribution is -2.35. The van der Waals surface area contributed by atoms with Crippen molar-refractivity contribution in [2.24, 2.45) is 0 Å². The van der Waals surface area contributed by atoms with Crippen molar-refractivity contribution in [2.45, 2.75) is 32.2 Å². The first kappa shape index (κ1) is 13.8. The molecule has 3 nitrogen and oxygen atoms in total. The maximum atomic E-state index is 11.8. The molecule has 0 spiro atoms. The Kier molecular flexibility index (Phi) is 5.48. The summed E-state index contributed by atoms with van der Waals surface area (Å²) < 4.78 is 0. The smallest absolute Gasteiger partial charge is 0.224 e. The van der Waals surface area contributed by atoms with Gasteiger partial charge in [0.1, 0.15) is 0 Å². The van der Waals surface area contributed by atoms with Crippen LogP contribution in [0.3, 0.4) is 0 Å². The second-order valence-electron chi connectivity index (χ2n) is 4.07. The minimum Gasteiger partial charge on any atom is -0.352 e. The summed E-state index contributed by atoms with van der Waals surface area (Å²) >= 11 is 0. The van der Waals surface area contributed by atoms with Gasteiger partial charge in [-0.05, 0) is 24.1 Å². The zero-order valence-corrected chi connectivity index (χ0v) is 10.4. The number of nitriles is 1. The highest BCUT2D eigenvalue weighted by Crippen LogP contribution is 2.05. The Morgan fingerprint density at radius 3 is 2.61 bits per heavy atom. The van der Waals surface area contributed by atoms with E-state index in [1.807, 2.05) is 13.0 Å². The van der Waals surface area contributed by atoms with Crippen LogP contribution in [0.2, 0.25) is 0 Å². The van der Waals surface area contributed by atoms with Crippen LogP contribution in [-0.4, -0.2) is 11.9 Å². The molecule has 0 saturated carbocycles. The molecular weight excluding hydrogens is 224 g/mol. The molecule has 0 fully saturated rings. The first-order chi connectivity index (χ1) is 8.69. The fourth-order valence-electron chi connectivity index (χ4n) is 1.60. The van der Waals surface area contributed by atoms with Crippen LogP contribution in [0.4, 0.5) is 0 Å². The molecule has 92 valence electrons. The van der Waals surface area contributed by atoms with E-state index in [1.54, 1.807) is 24.3 Å². The lowest BCUT2D eigenvalue weighted by atomic mass is 10.1. The Balaban J connectivity index is 2.54. The van der Waals surface area contributed by atoms with Gasteiger partial charge in [-0.25, -0.2) is 0 Å². The van der Waals surface area contributed by atoms with Gasteiger partial charge in [0.2, 0.25) is 5.91 Å². The number of benzene rings is 1. The Morgan fingerprint density at radius 1 is 1.44 bits per heavy atom. The number of carbonyl (C=O) groups is 1. The largest absolute Gasteiger partial charge is 0.352 e. The zero-order valence-electron chi connectivity index (χ0n) is 10.4. The van der Waals surface area contributed by atoms with Crippen molar-refractivity contribution in [1.82, 2.24) is 5.32 Å². The first-order valence-electron chi connectivity index (χ1n) is 5.91. The van der Waals surface area contributed by atoms with Crippen molar-refractivity contribution in [2.75, 3.05) is 0 Å². The van der Waals surface area contributed by atoms with E-state index >= 15 is 0 Å². The van der Waals surface area contributed by atoms with Crippen LogP contribution in [0.25, 0.3) is 0 Å². The van der Waals surface area contributed by atoms with Gasteiger partial charge in [0, 0.05) is 12.5 Å². The summed E-state index contributed by atoms with van der Waals surface area (Å²) in [7, 11) is 0. The molecule has 1 rings (SSSR count). The standard InChI is InChI=1S/C15H16N2O/c1-3-5-14(4-2)17-15(18)10-12-6-8-13(11-16)9-7-12/h1,6-9,14H,4-5,10H2,2H3,(H,17,18). The molecule has 0 aliphatic heterocycles. The maximum absolute atomic E-state index is 11.8. The van der Waals surface area contributed by atoms with E-state index in [0.29, 0.717) is 18.4 Å². The van der Waals surface area contributed by atoms with Gasteiger partial charge in [-0.15, -0.1) is 12.3 Å². The highest BCUT2D eigenvalue weighted by molar-refractivity contribution is 5.78. The van der Waals surface area contributed by atoms with Gasteiger partial charge in [-0.2, -0.15) is 5.26 Å². The van der Waals surface area contributed by atoms with Crippen LogP contribution in [-0.2, 0) is 11.2 Å². The molecule has 1 aromatic rings. The fraction of sp³-hybridized carbons (Fsp3) is 0.333. The summed E-state index contributed by atoms with van der Waals surface area (Å²) in [5.41, 5.74) is 1.49. The van der Waals surface area contributed by atoms with Crippen molar-refractivity contribution < 1.29 is 4.79 Å². The van der Waals surface area contributed by atoms with Gasteiger partial charge in [-0.1, -0.05) is 19.1 Å². The Morgan fingerprint density at radius 2 is 2.11 bits per heavy atom. The number of hydrogen-bond donors (Lipinski definition) is 1. The third-order valence-electron chi connectivity index (χ3n) is 2.67. The Bertz CT molecular complexity index is 477. The minimum absolute atomic E-state index is 0.0400. The number of rotatable bonds is 5. The normalized spacial score (nSPS) is 11.1. The van der Waals surface area contributed by atoms with Gasteiger partial charge < -0.3 is 5.32 Å². The number of nitrogens with one attached hydrogen (secondary N) is 1. The number of carbonyl (C=O) groups excluding carboxylic acids is 1. The third kappa shape index (κ3) is 4.31. The molecule has 0 aliphatic rings. The third-order valence-corrected chi connectivity index (χ3v) is 2.67. The molecule has 3 heteroatoms. The number of amides is 1. The average Bonchev–Trinajstić information content (AvgIpc) is 2.39. The Labute approximate surface area is 108 Å². The van der Waals surface area contributed by atoms with Gasteiger partial charge in [0.25, 0.3) is 0 Å². The van der Waals surface area contributed by atoms with E-state index < -0.39 is 0 Å². The van der Waals surface area contributed by atoms with E-state index in [1.165, 1.54) is 0 Å². The molecule has 1 unspecified atom stereocenters. The summed E-state index contributed by atoms with van der Waals surface area (Å²) in [6.07, 6.45) is 6.92. The first-order valence-corrected chi connectivity index (χ1v) is 5.91. The fourth-order valence-corrected chi connectivity index (χ4v) is 1.60. The van der Waals surface area contributed by atoms with Gasteiger partial charge in [-0.3, -0.25) is 4.79 Å². The molecule has 0 saturated heterocycles. The highest BCUT2D eigenvalue weighted by Gasteiger charge is 2.09. The SMILES string of the molecule is C#CCC(CC)NC(=O)Cc1ccc(C#N)cc1. The summed E-state index contributed by atoms with van der Waals surface area (Å²) in [5.74, 6) is 2.51. The second-order valence-corrected chi connectivity index (χ2v) is 4.07. The number of hydrogen-bond acceptors (Lipinski definition) is 2. The molecule has 1 atom stereocenters. The van der Waals surface area contributed by atoms with E-state index in [-0.39, 0.29) is 11.9 Å². The van der Waals surface area contributed by atoms with E-state index in [2.05, 4.69) is 11.2 Å². The van der Waals surface area contributed by atoms with Gasteiger partial charge in [0.15, 0.2) is 0 Å². The van der Waals surface area contributed by atoms with Crippen molar-refractivity contribution in [3.05, 3.63) is 35.4 Å². The zero-order chi connectivity index (χ0) is 13.4. The predicted octanol–water partition coefficient (Wildman–Crippen LogP) is 2.02. The summed E-state index contributed by atoms with van der Waals surface area (Å²) in [6.45, 7) is 1.99. The summed E-state index contributed by atoms with van der Waals surface area (Å²) in [6, 6.07) is 9.09. The molecule has 1 N–H and O–H groups in total. The Hall–Kier alpha value is -2.26. The maximum Gasteiger partial charge on any atom is 0.224 e. The lowest BCUT2D eigenvalue weighted by molar-refractivity contribution is -0.121. The molecule has 0 aromatic heterocycles. The van der Waals surface area contributed by atoms with Crippen molar-refractivity contribution >= 4 is 5.91 Å². The molecule has 0 heterocycles. The minimum atomic E-state index is -0.0400. The van der Waals surface area contributed by atoms with Crippen molar-refractivity contribution in [1.29, 1.82) is 5.26 Å². The van der Waals surface area contributed by atoms with Crippen molar-refractivity contribution in [3.63, 3.8) is 0 Å².